The second-order valence-electron chi connectivity index (χ2n) is 7.16. The van der Waals surface area contributed by atoms with Gasteiger partial charge in [0.05, 0.1) is 16.9 Å². The van der Waals surface area contributed by atoms with E-state index in [1.807, 2.05) is 6.92 Å². The first kappa shape index (κ1) is 17.8. The fourth-order valence-electron chi connectivity index (χ4n) is 4.53. The predicted octanol–water partition coefficient (Wildman–Crippen LogP) is 3.09. The number of esters is 2. The summed E-state index contributed by atoms with van der Waals surface area (Å²) in [4.78, 5) is 36.5. The van der Waals surface area contributed by atoms with Crippen LogP contribution in [0.5, 0.6) is 0 Å². The van der Waals surface area contributed by atoms with E-state index in [9.17, 15) is 14.4 Å². The molecule has 1 aliphatic heterocycles. The van der Waals surface area contributed by atoms with E-state index in [-0.39, 0.29) is 23.9 Å². The molecule has 2 saturated carbocycles. The highest BCUT2D eigenvalue weighted by atomic mass is 79.9. The van der Waals surface area contributed by atoms with Crippen LogP contribution in [0.25, 0.3) is 0 Å². The molecule has 1 aromatic rings. The van der Waals surface area contributed by atoms with Gasteiger partial charge in [0, 0.05) is 16.1 Å². The molecule has 2 aliphatic carbocycles. The van der Waals surface area contributed by atoms with Gasteiger partial charge >= 0.3 is 11.9 Å². The molecule has 5 atom stereocenters. The summed E-state index contributed by atoms with van der Waals surface area (Å²) in [6.45, 7) is 1.44. The van der Waals surface area contributed by atoms with Crippen molar-refractivity contribution in [3.05, 3.63) is 27.2 Å². The molecule has 6 nitrogen and oxygen atoms in total. The lowest BCUT2D eigenvalue weighted by atomic mass is 9.80. The van der Waals surface area contributed by atoms with Crippen molar-refractivity contribution in [1.29, 1.82) is 0 Å². The van der Waals surface area contributed by atoms with E-state index in [2.05, 4.69) is 21.2 Å². The van der Waals surface area contributed by atoms with Crippen LogP contribution < -0.4 is 5.32 Å². The maximum atomic E-state index is 12.5. The molecule has 0 aromatic heterocycles. The second kappa shape index (κ2) is 6.53. The molecule has 2 bridgehead atoms. The Morgan fingerprint density at radius 3 is 2.92 bits per heavy atom. The number of amides is 1. The first-order valence-electron chi connectivity index (χ1n) is 8.47. The summed E-state index contributed by atoms with van der Waals surface area (Å²) in [7, 11) is 0. The van der Waals surface area contributed by atoms with Crippen molar-refractivity contribution in [2.75, 3.05) is 11.9 Å². The molecular weight excluding hydrogens is 426 g/mol. The van der Waals surface area contributed by atoms with Crippen LogP contribution in [0.1, 0.15) is 18.4 Å². The van der Waals surface area contributed by atoms with Gasteiger partial charge < -0.3 is 14.8 Å². The van der Waals surface area contributed by atoms with Crippen LogP contribution in [0.3, 0.4) is 0 Å². The number of benzene rings is 1. The maximum Gasteiger partial charge on any atom is 0.310 e. The number of nitrogens with one attached hydrogen (secondary N) is 1. The van der Waals surface area contributed by atoms with Gasteiger partial charge in [-0.1, -0.05) is 11.6 Å². The third kappa shape index (κ3) is 2.91. The van der Waals surface area contributed by atoms with Crippen LogP contribution in [-0.2, 0) is 23.9 Å². The Kier molecular flexibility index (Phi) is 4.47. The molecule has 1 heterocycles. The van der Waals surface area contributed by atoms with Crippen molar-refractivity contribution >= 4 is 51.1 Å². The van der Waals surface area contributed by atoms with E-state index < -0.39 is 30.3 Å². The number of rotatable bonds is 4. The number of carbonyl (C=O) groups is 3. The molecule has 0 radical (unpaired) electrons. The lowest BCUT2D eigenvalue weighted by Gasteiger charge is -2.22. The van der Waals surface area contributed by atoms with Crippen LogP contribution >= 0.6 is 27.5 Å². The summed E-state index contributed by atoms with van der Waals surface area (Å²) in [5, 5.41) is 3.16. The molecule has 1 aromatic carbocycles. The Morgan fingerprint density at radius 1 is 1.38 bits per heavy atom. The molecule has 0 spiro atoms. The first-order chi connectivity index (χ1) is 12.3. The average molecular weight is 443 g/mol. The van der Waals surface area contributed by atoms with Crippen molar-refractivity contribution < 1.29 is 23.9 Å². The Morgan fingerprint density at radius 2 is 2.15 bits per heavy atom. The third-order valence-electron chi connectivity index (χ3n) is 5.64. The normalized spacial score (nSPS) is 31.0. The number of carbonyl (C=O) groups excluding carboxylic acids is 3. The largest absolute Gasteiger partial charge is 0.462 e. The fourth-order valence-corrected chi connectivity index (χ4v) is 5.15. The van der Waals surface area contributed by atoms with Crippen molar-refractivity contribution in [3.63, 3.8) is 0 Å². The van der Waals surface area contributed by atoms with Crippen molar-refractivity contribution in [2.24, 2.45) is 23.7 Å². The Labute approximate surface area is 163 Å². The maximum absolute atomic E-state index is 12.5. The van der Waals surface area contributed by atoms with E-state index in [1.165, 1.54) is 0 Å². The van der Waals surface area contributed by atoms with Gasteiger partial charge in [0.25, 0.3) is 5.91 Å². The zero-order valence-corrected chi connectivity index (χ0v) is 16.3. The van der Waals surface area contributed by atoms with Crippen molar-refractivity contribution in [2.45, 2.75) is 25.9 Å². The minimum Gasteiger partial charge on any atom is -0.462 e. The Hall–Kier alpha value is -1.60. The first-order valence-corrected chi connectivity index (χ1v) is 9.65. The highest BCUT2D eigenvalue weighted by Crippen LogP contribution is 2.57. The molecule has 26 heavy (non-hydrogen) atoms. The van der Waals surface area contributed by atoms with E-state index in [1.54, 1.807) is 12.1 Å². The van der Waals surface area contributed by atoms with Gasteiger partial charge in [-0.3, -0.25) is 14.4 Å². The van der Waals surface area contributed by atoms with E-state index in [0.717, 1.165) is 22.9 Å². The van der Waals surface area contributed by atoms with Crippen LogP contribution in [0, 0.1) is 30.6 Å². The number of anilines is 1. The zero-order valence-electron chi connectivity index (χ0n) is 14.0. The van der Waals surface area contributed by atoms with E-state index in [0.29, 0.717) is 10.7 Å². The van der Waals surface area contributed by atoms with E-state index in [4.69, 9.17) is 21.1 Å². The van der Waals surface area contributed by atoms with Gasteiger partial charge in [0.1, 0.15) is 6.10 Å². The van der Waals surface area contributed by atoms with Gasteiger partial charge in [-0.2, -0.15) is 0 Å². The summed E-state index contributed by atoms with van der Waals surface area (Å²) in [6.07, 6.45) is 1.51. The standard InChI is InChI=1S/C18H17BrClNO5/c1-7-2-10(19)11(20)5-12(7)21-14(22)6-25-17(23)15-8-3-9-13(4-8)26-18(24)16(9)15/h2,5,8-9,13,15-16H,3-4,6H2,1H3,(H,21,22)/t8-,9+,13+,15-,16-/m1/s1. The Balaban J connectivity index is 1.36. The SMILES string of the molecule is Cc1cc(Br)c(Cl)cc1NC(=O)COC(=O)[C@@H]1[C@@H]2C[C@@H]3[C@H]1C(=O)O[C@H]3C2. The van der Waals surface area contributed by atoms with Gasteiger partial charge in [0.2, 0.25) is 0 Å². The summed E-state index contributed by atoms with van der Waals surface area (Å²) >= 11 is 9.36. The lowest BCUT2D eigenvalue weighted by molar-refractivity contribution is -0.157. The quantitative estimate of drug-likeness (QED) is 0.725. The molecule has 3 fully saturated rings. The van der Waals surface area contributed by atoms with Gasteiger partial charge in [0.15, 0.2) is 6.61 Å². The molecule has 1 saturated heterocycles. The number of fused-ring (bicyclic) bond motifs is 1. The molecule has 4 rings (SSSR count). The molecule has 3 aliphatic rings. The summed E-state index contributed by atoms with van der Waals surface area (Å²) < 4.78 is 11.3. The smallest absolute Gasteiger partial charge is 0.310 e. The molecule has 138 valence electrons. The Bertz CT molecular complexity index is 811. The highest BCUT2D eigenvalue weighted by Gasteiger charge is 2.64. The zero-order chi connectivity index (χ0) is 18.6. The number of ether oxygens (including phenoxy) is 2. The second-order valence-corrected chi connectivity index (χ2v) is 8.42. The molecule has 0 unspecified atom stereocenters. The molecule has 1 N–H and O–H groups in total. The minimum absolute atomic E-state index is 0.0324. The predicted molar refractivity (Wildman–Crippen MR) is 96.6 cm³/mol. The lowest BCUT2D eigenvalue weighted by Crippen LogP contribution is -2.35. The third-order valence-corrected chi connectivity index (χ3v) is 6.84. The van der Waals surface area contributed by atoms with Crippen LogP contribution in [0.15, 0.2) is 16.6 Å². The van der Waals surface area contributed by atoms with Crippen LogP contribution in [0.4, 0.5) is 5.69 Å². The number of aryl methyl sites for hydroxylation is 1. The minimum atomic E-state index is -0.486. The summed E-state index contributed by atoms with van der Waals surface area (Å²) in [5.41, 5.74) is 1.38. The number of hydrogen-bond acceptors (Lipinski definition) is 5. The number of halogens is 2. The van der Waals surface area contributed by atoms with E-state index >= 15 is 0 Å². The van der Waals surface area contributed by atoms with Crippen molar-refractivity contribution in [3.8, 4) is 0 Å². The number of hydrogen-bond donors (Lipinski definition) is 1. The summed E-state index contributed by atoms with van der Waals surface area (Å²) in [5.74, 6) is -1.87. The van der Waals surface area contributed by atoms with Crippen LogP contribution in [-0.4, -0.2) is 30.6 Å². The molecule has 1 amide bonds. The average Bonchev–Trinajstić information content (AvgIpc) is 3.19. The fraction of sp³-hybridized carbons (Fsp3) is 0.500. The van der Waals surface area contributed by atoms with Gasteiger partial charge in [-0.25, -0.2) is 0 Å². The van der Waals surface area contributed by atoms with Gasteiger partial charge in [-0.05, 0) is 59.3 Å². The highest BCUT2D eigenvalue weighted by molar-refractivity contribution is 9.10. The van der Waals surface area contributed by atoms with Gasteiger partial charge in [-0.15, -0.1) is 0 Å². The molecule has 8 heteroatoms. The van der Waals surface area contributed by atoms with Crippen molar-refractivity contribution in [1.82, 2.24) is 0 Å². The summed E-state index contributed by atoms with van der Waals surface area (Å²) in [6, 6.07) is 3.42. The molecular formula is C18H17BrClNO5. The monoisotopic (exact) mass is 441 g/mol. The topological polar surface area (TPSA) is 81.7 Å². The van der Waals surface area contributed by atoms with Crippen LogP contribution in [0.2, 0.25) is 5.02 Å².